The minimum absolute atomic E-state index is 0.310. The van der Waals surface area contributed by atoms with Crippen molar-refractivity contribution in [2.75, 3.05) is 0 Å². The Kier molecular flexibility index (Phi) is 12.5. The SMILES string of the molecule is CC(CC(=O)O)C(=O)O.CCCCCC(CC)P(=O)(O)O. The van der Waals surface area contributed by atoms with E-state index in [2.05, 4.69) is 6.92 Å². The molecule has 126 valence electrons. The first kappa shape index (κ1) is 22.4. The highest BCUT2D eigenvalue weighted by Crippen LogP contribution is 2.45. The lowest BCUT2D eigenvalue weighted by Gasteiger charge is -2.15. The Morgan fingerprint density at radius 3 is 1.86 bits per heavy atom. The monoisotopic (exact) mass is 326 g/mol. The number of carbonyl (C=O) groups is 2. The van der Waals surface area contributed by atoms with Gasteiger partial charge in [-0.25, -0.2) is 0 Å². The summed E-state index contributed by atoms with van der Waals surface area (Å²) in [5, 5.41) is 16.2. The molecule has 7 nitrogen and oxygen atoms in total. The van der Waals surface area contributed by atoms with E-state index in [0.29, 0.717) is 12.8 Å². The Morgan fingerprint density at radius 2 is 1.62 bits per heavy atom. The van der Waals surface area contributed by atoms with Crippen LogP contribution in [-0.4, -0.2) is 37.6 Å². The van der Waals surface area contributed by atoms with Crippen molar-refractivity contribution >= 4 is 19.5 Å². The molecule has 0 saturated carbocycles. The van der Waals surface area contributed by atoms with Gasteiger partial charge in [0, 0.05) is 0 Å². The Morgan fingerprint density at radius 1 is 1.10 bits per heavy atom. The van der Waals surface area contributed by atoms with E-state index in [4.69, 9.17) is 20.0 Å². The third kappa shape index (κ3) is 13.8. The standard InChI is InChI=1S/C8H19O3P.C5H8O4/c1-3-5-6-7-8(4-2)12(9,10)11;1-3(5(8)9)2-4(6)7/h8H,3-7H2,1-2H3,(H2,9,10,11);3H,2H2,1H3,(H,6,7)(H,8,9). The van der Waals surface area contributed by atoms with Crippen molar-refractivity contribution in [1.29, 1.82) is 0 Å². The summed E-state index contributed by atoms with van der Waals surface area (Å²) in [7, 11) is -3.82. The van der Waals surface area contributed by atoms with Gasteiger partial charge in [-0.05, 0) is 12.8 Å². The molecule has 4 N–H and O–H groups in total. The van der Waals surface area contributed by atoms with Crippen LogP contribution in [-0.2, 0) is 14.2 Å². The van der Waals surface area contributed by atoms with Crippen LogP contribution in [0.4, 0.5) is 0 Å². The summed E-state index contributed by atoms with van der Waals surface area (Å²) >= 11 is 0. The fourth-order valence-corrected chi connectivity index (χ4v) is 2.58. The molecule has 21 heavy (non-hydrogen) atoms. The highest BCUT2D eigenvalue weighted by molar-refractivity contribution is 7.52. The molecular weight excluding hydrogens is 299 g/mol. The number of aliphatic carboxylic acids is 2. The van der Waals surface area contributed by atoms with E-state index in [1.165, 1.54) is 6.92 Å². The Labute approximate surface area is 125 Å². The highest BCUT2D eigenvalue weighted by atomic mass is 31.2. The van der Waals surface area contributed by atoms with Gasteiger partial charge in [-0.2, -0.15) is 0 Å². The summed E-state index contributed by atoms with van der Waals surface area (Å²) in [5.41, 5.74) is -0.413. The first-order chi connectivity index (χ1) is 9.56. The zero-order valence-electron chi connectivity index (χ0n) is 12.9. The van der Waals surface area contributed by atoms with Crippen LogP contribution in [0.15, 0.2) is 0 Å². The van der Waals surface area contributed by atoms with E-state index in [9.17, 15) is 14.2 Å². The lowest BCUT2D eigenvalue weighted by Crippen LogP contribution is -2.13. The Bertz CT molecular complexity index is 350. The molecule has 0 spiro atoms. The molecule has 0 heterocycles. The van der Waals surface area contributed by atoms with Crippen molar-refractivity contribution in [3.05, 3.63) is 0 Å². The maximum absolute atomic E-state index is 10.9. The summed E-state index contributed by atoms with van der Waals surface area (Å²) in [6.07, 6.45) is 4.02. The van der Waals surface area contributed by atoms with Crippen LogP contribution in [0.1, 0.15) is 59.3 Å². The van der Waals surface area contributed by atoms with Crippen LogP contribution in [0.25, 0.3) is 0 Å². The minimum atomic E-state index is -3.82. The summed E-state index contributed by atoms with van der Waals surface area (Å²) in [4.78, 5) is 37.6. The van der Waals surface area contributed by atoms with Gasteiger partial charge in [-0.3, -0.25) is 14.2 Å². The molecular formula is C13H27O7P. The third-order valence-electron chi connectivity index (χ3n) is 2.99. The third-order valence-corrected chi connectivity index (χ3v) is 4.56. The lowest BCUT2D eigenvalue weighted by atomic mass is 10.1. The van der Waals surface area contributed by atoms with E-state index in [1.807, 2.05) is 6.92 Å². The van der Waals surface area contributed by atoms with Gasteiger partial charge >= 0.3 is 19.5 Å². The molecule has 0 aromatic heterocycles. The molecule has 0 amide bonds. The van der Waals surface area contributed by atoms with Crippen molar-refractivity contribution in [2.45, 2.75) is 65.0 Å². The zero-order chi connectivity index (χ0) is 17.1. The molecule has 2 unspecified atom stereocenters. The van der Waals surface area contributed by atoms with E-state index < -0.39 is 31.1 Å². The molecule has 0 aliphatic rings. The molecule has 0 radical (unpaired) electrons. The lowest BCUT2D eigenvalue weighted by molar-refractivity contribution is -0.147. The number of rotatable bonds is 9. The number of carboxylic acid groups (broad SMARTS) is 2. The van der Waals surface area contributed by atoms with E-state index in [1.54, 1.807) is 0 Å². The number of hydrogen-bond donors (Lipinski definition) is 4. The van der Waals surface area contributed by atoms with Crippen LogP contribution in [0.3, 0.4) is 0 Å². The second-order valence-corrected chi connectivity index (χ2v) is 6.89. The second-order valence-electron chi connectivity index (χ2n) is 4.98. The van der Waals surface area contributed by atoms with Crippen LogP contribution >= 0.6 is 7.60 Å². The van der Waals surface area contributed by atoms with Gasteiger partial charge in [0.1, 0.15) is 0 Å². The van der Waals surface area contributed by atoms with Crippen molar-refractivity contribution in [1.82, 2.24) is 0 Å². The second kappa shape index (κ2) is 11.7. The molecule has 0 aromatic rings. The topological polar surface area (TPSA) is 132 Å². The molecule has 0 rings (SSSR count). The van der Waals surface area contributed by atoms with Crippen LogP contribution in [0.5, 0.6) is 0 Å². The smallest absolute Gasteiger partial charge is 0.328 e. The normalized spacial score (nSPS) is 13.8. The largest absolute Gasteiger partial charge is 0.481 e. The maximum atomic E-state index is 10.9. The summed E-state index contributed by atoms with van der Waals surface area (Å²) in [6.45, 7) is 5.27. The van der Waals surface area contributed by atoms with Crippen LogP contribution in [0.2, 0.25) is 0 Å². The van der Waals surface area contributed by atoms with Crippen LogP contribution in [0, 0.1) is 5.92 Å². The summed E-state index contributed by atoms with van der Waals surface area (Å²) in [5.74, 6) is -2.94. The summed E-state index contributed by atoms with van der Waals surface area (Å²) in [6, 6.07) is 0. The molecule has 0 fully saturated rings. The number of unbranched alkanes of at least 4 members (excludes halogenated alkanes) is 2. The molecule has 8 heteroatoms. The maximum Gasteiger partial charge on any atom is 0.328 e. The predicted molar refractivity (Wildman–Crippen MR) is 79.3 cm³/mol. The molecule has 0 aliphatic carbocycles. The van der Waals surface area contributed by atoms with Crippen molar-refractivity contribution in [3.63, 3.8) is 0 Å². The first-order valence-electron chi connectivity index (χ1n) is 7.05. The Balaban J connectivity index is 0. The average molecular weight is 326 g/mol. The number of hydrogen-bond acceptors (Lipinski definition) is 3. The van der Waals surface area contributed by atoms with Gasteiger partial charge in [-0.15, -0.1) is 0 Å². The first-order valence-corrected chi connectivity index (χ1v) is 8.74. The quantitative estimate of drug-likeness (QED) is 0.378. The van der Waals surface area contributed by atoms with Crippen molar-refractivity contribution in [2.24, 2.45) is 5.92 Å². The highest BCUT2D eigenvalue weighted by Gasteiger charge is 2.25. The predicted octanol–water partition coefficient (Wildman–Crippen LogP) is 2.70. The van der Waals surface area contributed by atoms with Gasteiger partial charge in [0.15, 0.2) is 0 Å². The van der Waals surface area contributed by atoms with Gasteiger partial charge in [0.2, 0.25) is 0 Å². The van der Waals surface area contributed by atoms with Gasteiger partial charge in [-0.1, -0.05) is 40.0 Å². The molecule has 0 saturated heterocycles. The average Bonchev–Trinajstić information content (AvgIpc) is 2.33. The van der Waals surface area contributed by atoms with Gasteiger partial charge in [0.25, 0.3) is 0 Å². The number of carboxylic acids is 2. The van der Waals surface area contributed by atoms with Crippen molar-refractivity contribution < 1.29 is 34.2 Å². The fraction of sp³-hybridized carbons (Fsp3) is 0.846. The molecule has 0 aromatic carbocycles. The molecule has 0 aliphatic heterocycles. The van der Waals surface area contributed by atoms with E-state index in [-0.39, 0.29) is 6.42 Å². The zero-order valence-corrected chi connectivity index (χ0v) is 13.8. The van der Waals surface area contributed by atoms with Gasteiger partial charge in [0.05, 0.1) is 18.0 Å². The van der Waals surface area contributed by atoms with Gasteiger partial charge < -0.3 is 20.0 Å². The van der Waals surface area contributed by atoms with Crippen LogP contribution < -0.4 is 0 Å². The fourth-order valence-electron chi connectivity index (χ4n) is 1.59. The molecule has 0 bridgehead atoms. The van der Waals surface area contributed by atoms with E-state index >= 15 is 0 Å². The Hall–Kier alpha value is -0.910. The molecule has 2 atom stereocenters. The minimum Gasteiger partial charge on any atom is -0.481 e. The summed E-state index contributed by atoms with van der Waals surface area (Å²) < 4.78 is 10.9. The van der Waals surface area contributed by atoms with E-state index in [0.717, 1.165) is 19.3 Å². The van der Waals surface area contributed by atoms with Crippen molar-refractivity contribution in [3.8, 4) is 0 Å².